The zero-order chi connectivity index (χ0) is 9.30. The van der Waals surface area contributed by atoms with Gasteiger partial charge in [0.1, 0.15) is 11.5 Å². The van der Waals surface area contributed by atoms with Gasteiger partial charge in [-0.05, 0) is 28.9 Å². The van der Waals surface area contributed by atoms with Gasteiger partial charge in [-0.1, -0.05) is 0 Å². The van der Waals surface area contributed by atoms with Crippen LogP contribution >= 0.6 is 15.9 Å². The molecule has 0 radical (unpaired) electrons. The van der Waals surface area contributed by atoms with E-state index in [1.54, 1.807) is 6.92 Å². The third-order valence-corrected chi connectivity index (χ3v) is 2.38. The second kappa shape index (κ2) is 3.33. The van der Waals surface area contributed by atoms with Gasteiger partial charge in [-0.25, -0.2) is 0 Å². The smallest absolute Gasteiger partial charge is 0.133 e. The highest BCUT2D eigenvalue weighted by Crippen LogP contribution is 2.35. The zero-order valence-electron chi connectivity index (χ0n) is 6.45. The first-order valence-corrected chi connectivity index (χ1v) is 4.21. The monoisotopic (exact) mass is 232 g/mol. The Kier molecular flexibility index (Phi) is 2.59. The number of hydrogen-bond donors (Lipinski definition) is 3. The van der Waals surface area contributed by atoms with E-state index in [9.17, 15) is 10.2 Å². The lowest BCUT2D eigenvalue weighted by atomic mass is 10.1. The van der Waals surface area contributed by atoms with Gasteiger partial charge in [-0.3, -0.25) is 0 Å². The quantitative estimate of drug-likeness (QED) is 0.694. The Labute approximate surface area is 78.4 Å². The second-order valence-electron chi connectivity index (χ2n) is 2.54. The molecule has 0 aliphatic heterocycles. The fraction of sp³-hybridized carbons (Fsp3) is 0.250. The first kappa shape index (κ1) is 9.35. The maximum absolute atomic E-state index is 9.21. The minimum atomic E-state index is -0.725. The number of aromatic hydroxyl groups is 2. The molecule has 1 aromatic carbocycles. The molecule has 4 heteroatoms. The van der Waals surface area contributed by atoms with Gasteiger partial charge in [0, 0.05) is 11.6 Å². The average molecular weight is 233 g/mol. The first-order chi connectivity index (χ1) is 5.52. The van der Waals surface area contributed by atoms with E-state index in [-0.39, 0.29) is 11.5 Å². The van der Waals surface area contributed by atoms with Crippen molar-refractivity contribution in [3.63, 3.8) is 0 Å². The van der Waals surface area contributed by atoms with Crippen molar-refractivity contribution in [3.8, 4) is 11.5 Å². The largest absolute Gasteiger partial charge is 0.508 e. The van der Waals surface area contributed by atoms with Crippen molar-refractivity contribution >= 4 is 15.9 Å². The number of benzene rings is 1. The topological polar surface area (TPSA) is 60.7 Å². The first-order valence-electron chi connectivity index (χ1n) is 3.42. The van der Waals surface area contributed by atoms with Crippen molar-refractivity contribution in [2.24, 2.45) is 0 Å². The summed E-state index contributed by atoms with van der Waals surface area (Å²) in [5, 5.41) is 27.5. The third kappa shape index (κ3) is 1.70. The SMILES string of the molecule is CC(O)c1cc(O)cc(O)c1Br. The van der Waals surface area contributed by atoms with Crippen LogP contribution in [0.15, 0.2) is 16.6 Å². The summed E-state index contributed by atoms with van der Waals surface area (Å²) in [6.07, 6.45) is -0.725. The van der Waals surface area contributed by atoms with Crippen molar-refractivity contribution < 1.29 is 15.3 Å². The molecule has 0 aliphatic carbocycles. The number of hydrogen-bond acceptors (Lipinski definition) is 3. The molecule has 3 nitrogen and oxygen atoms in total. The Hall–Kier alpha value is -0.740. The Bertz CT molecular complexity index is 297. The molecule has 12 heavy (non-hydrogen) atoms. The van der Waals surface area contributed by atoms with Crippen LogP contribution in [0.4, 0.5) is 0 Å². The molecule has 0 aromatic heterocycles. The normalized spacial score (nSPS) is 12.9. The maximum Gasteiger partial charge on any atom is 0.133 e. The fourth-order valence-electron chi connectivity index (χ4n) is 0.920. The maximum atomic E-state index is 9.21. The van der Waals surface area contributed by atoms with Crippen molar-refractivity contribution in [1.29, 1.82) is 0 Å². The predicted octanol–water partition coefficient (Wildman–Crippen LogP) is 1.91. The van der Waals surface area contributed by atoms with Crippen molar-refractivity contribution in [3.05, 3.63) is 22.2 Å². The summed E-state index contributed by atoms with van der Waals surface area (Å²) in [5.74, 6) is -0.141. The Balaban J connectivity index is 3.28. The summed E-state index contributed by atoms with van der Waals surface area (Å²) in [7, 11) is 0. The van der Waals surface area contributed by atoms with Crippen LogP contribution in [0.1, 0.15) is 18.6 Å². The minimum Gasteiger partial charge on any atom is -0.508 e. The van der Waals surface area contributed by atoms with Gasteiger partial charge in [-0.15, -0.1) is 0 Å². The van der Waals surface area contributed by atoms with Gasteiger partial charge >= 0.3 is 0 Å². The number of aliphatic hydroxyl groups is 1. The number of phenols is 2. The molecule has 1 atom stereocenters. The molecule has 3 N–H and O–H groups in total. The lowest BCUT2D eigenvalue weighted by molar-refractivity contribution is 0.197. The van der Waals surface area contributed by atoms with E-state index in [4.69, 9.17) is 5.11 Å². The van der Waals surface area contributed by atoms with Gasteiger partial charge < -0.3 is 15.3 Å². The molecule has 0 heterocycles. The molecule has 66 valence electrons. The molecule has 0 amide bonds. The van der Waals surface area contributed by atoms with E-state index in [0.29, 0.717) is 10.0 Å². The number of rotatable bonds is 1. The molecule has 0 saturated heterocycles. The van der Waals surface area contributed by atoms with E-state index >= 15 is 0 Å². The Morgan fingerprint density at radius 1 is 1.33 bits per heavy atom. The van der Waals surface area contributed by atoms with E-state index in [1.807, 2.05) is 0 Å². The molecule has 1 aromatic rings. The summed E-state index contributed by atoms with van der Waals surface area (Å²) in [6.45, 7) is 1.55. The van der Waals surface area contributed by atoms with Crippen LogP contribution in [0.3, 0.4) is 0 Å². The molecule has 0 saturated carbocycles. The summed E-state index contributed by atoms with van der Waals surface area (Å²) in [6, 6.07) is 2.60. The highest BCUT2D eigenvalue weighted by Gasteiger charge is 2.11. The lowest BCUT2D eigenvalue weighted by Gasteiger charge is -2.09. The second-order valence-corrected chi connectivity index (χ2v) is 3.34. The van der Waals surface area contributed by atoms with Crippen LogP contribution in [0.5, 0.6) is 11.5 Å². The molecule has 0 spiro atoms. The molecule has 0 fully saturated rings. The highest BCUT2D eigenvalue weighted by atomic mass is 79.9. The molecular weight excluding hydrogens is 224 g/mol. The van der Waals surface area contributed by atoms with Gasteiger partial charge in [0.05, 0.1) is 10.6 Å². The van der Waals surface area contributed by atoms with Crippen LogP contribution in [0, 0.1) is 0 Å². The van der Waals surface area contributed by atoms with E-state index in [2.05, 4.69) is 15.9 Å². The average Bonchev–Trinajstić information content (AvgIpc) is 1.96. The van der Waals surface area contributed by atoms with Gasteiger partial charge in [0.15, 0.2) is 0 Å². The summed E-state index contributed by atoms with van der Waals surface area (Å²) in [5.41, 5.74) is 0.465. The minimum absolute atomic E-state index is 0.0633. The van der Waals surface area contributed by atoms with E-state index in [0.717, 1.165) is 0 Å². The summed E-state index contributed by atoms with van der Waals surface area (Å²) >= 11 is 3.09. The molecule has 0 aliphatic rings. The fourth-order valence-corrected chi connectivity index (χ4v) is 1.48. The Morgan fingerprint density at radius 3 is 2.42 bits per heavy atom. The van der Waals surface area contributed by atoms with Gasteiger partial charge in [-0.2, -0.15) is 0 Å². The molecule has 1 rings (SSSR count). The molecule has 0 bridgehead atoms. The number of halogens is 1. The molecule has 1 unspecified atom stereocenters. The van der Waals surface area contributed by atoms with Crippen LogP contribution in [-0.4, -0.2) is 15.3 Å². The zero-order valence-corrected chi connectivity index (χ0v) is 8.04. The highest BCUT2D eigenvalue weighted by molar-refractivity contribution is 9.10. The van der Waals surface area contributed by atoms with Gasteiger partial charge in [0.25, 0.3) is 0 Å². The van der Waals surface area contributed by atoms with Crippen molar-refractivity contribution in [2.45, 2.75) is 13.0 Å². The van der Waals surface area contributed by atoms with E-state index < -0.39 is 6.10 Å². The number of aliphatic hydroxyl groups excluding tert-OH is 1. The van der Waals surface area contributed by atoms with Crippen LogP contribution < -0.4 is 0 Å². The predicted molar refractivity (Wildman–Crippen MR) is 48.1 cm³/mol. The van der Waals surface area contributed by atoms with Crippen LogP contribution in [0.2, 0.25) is 0 Å². The summed E-state index contributed by atoms with van der Waals surface area (Å²) < 4.78 is 0.412. The van der Waals surface area contributed by atoms with E-state index in [1.165, 1.54) is 12.1 Å². The van der Waals surface area contributed by atoms with Gasteiger partial charge in [0.2, 0.25) is 0 Å². The van der Waals surface area contributed by atoms with Crippen molar-refractivity contribution in [2.75, 3.05) is 0 Å². The summed E-state index contributed by atoms with van der Waals surface area (Å²) in [4.78, 5) is 0. The molecular formula is C8H9BrO3. The van der Waals surface area contributed by atoms with Crippen molar-refractivity contribution in [1.82, 2.24) is 0 Å². The standard InChI is InChI=1S/C8H9BrO3/c1-4(10)6-2-5(11)3-7(12)8(6)9/h2-4,10-12H,1H3. The van der Waals surface area contributed by atoms with Crippen LogP contribution in [0.25, 0.3) is 0 Å². The Morgan fingerprint density at radius 2 is 1.92 bits per heavy atom. The third-order valence-electron chi connectivity index (χ3n) is 1.52. The van der Waals surface area contributed by atoms with Crippen LogP contribution in [-0.2, 0) is 0 Å². The lowest BCUT2D eigenvalue weighted by Crippen LogP contribution is -1.92. The number of phenolic OH excluding ortho intramolecular Hbond substituents is 2.